The van der Waals surface area contributed by atoms with Gasteiger partial charge in [-0.2, -0.15) is 0 Å². The number of cyclic esters (lactones) is 1. The summed E-state index contributed by atoms with van der Waals surface area (Å²) in [6.45, 7) is 1.71. The molecule has 0 radical (unpaired) electrons. The van der Waals surface area contributed by atoms with Crippen molar-refractivity contribution in [2.75, 3.05) is 0 Å². The third-order valence-electron chi connectivity index (χ3n) is 6.24. The van der Waals surface area contributed by atoms with Crippen LogP contribution in [0.25, 0.3) is 0 Å². The van der Waals surface area contributed by atoms with Crippen LogP contribution in [0.15, 0.2) is 97.2 Å². The first-order valence-electron chi connectivity index (χ1n) is 14.7. The first kappa shape index (κ1) is 37.2. The van der Waals surface area contributed by atoms with Gasteiger partial charge in [0.2, 0.25) is 0 Å². The van der Waals surface area contributed by atoms with Crippen LogP contribution in [0.1, 0.15) is 64.7 Å². The lowest BCUT2D eigenvalue weighted by molar-refractivity contribution is -0.149. The summed E-state index contributed by atoms with van der Waals surface area (Å²) in [6.07, 6.45) is 25.2. The van der Waals surface area contributed by atoms with Crippen LogP contribution in [0.5, 0.6) is 0 Å². The Balaban J connectivity index is 2.71. The van der Waals surface area contributed by atoms with Crippen LogP contribution in [-0.4, -0.2) is 79.3 Å². The molecule has 6 N–H and O–H groups in total. The van der Waals surface area contributed by atoms with Crippen molar-refractivity contribution in [3.8, 4) is 0 Å². The third kappa shape index (κ3) is 21.8. The van der Waals surface area contributed by atoms with E-state index in [1.54, 1.807) is 19.1 Å². The number of carbonyl (C=O) groups excluding carboxylic acids is 1. The maximum Gasteiger partial charge on any atom is 0.306 e. The van der Waals surface area contributed by atoms with Gasteiger partial charge < -0.3 is 35.4 Å². The fourth-order valence-electron chi connectivity index (χ4n) is 4.13. The summed E-state index contributed by atoms with van der Waals surface area (Å²) in [5.74, 6) is -0.347. The monoisotopic (exact) mass is 586 g/mol. The van der Waals surface area contributed by atoms with Crippen LogP contribution in [0.3, 0.4) is 0 Å². The average Bonchev–Trinajstić information content (AvgIpc) is 2.89. The molecule has 0 aromatic rings. The number of hydrogen-bond donors (Lipinski definition) is 6. The maximum atomic E-state index is 12.1. The molecule has 7 atom stereocenters. The van der Waals surface area contributed by atoms with Crippen molar-refractivity contribution in [2.24, 2.45) is 0 Å². The van der Waals surface area contributed by atoms with Gasteiger partial charge >= 0.3 is 5.97 Å². The topological polar surface area (TPSA) is 148 Å². The lowest BCUT2D eigenvalue weighted by atomic mass is 10.0. The molecule has 8 heteroatoms. The van der Waals surface area contributed by atoms with E-state index in [4.69, 9.17) is 4.74 Å². The molecule has 42 heavy (non-hydrogen) atoms. The minimum Gasteiger partial charge on any atom is -0.463 e. The van der Waals surface area contributed by atoms with Gasteiger partial charge in [0.05, 0.1) is 36.6 Å². The Bertz CT molecular complexity index is 959. The largest absolute Gasteiger partial charge is 0.463 e. The van der Waals surface area contributed by atoms with Crippen LogP contribution in [-0.2, 0) is 9.53 Å². The van der Waals surface area contributed by atoms with Crippen molar-refractivity contribution >= 4 is 5.97 Å². The molecule has 7 unspecified atom stereocenters. The molecule has 1 aliphatic rings. The van der Waals surface area contributed by atoms with E-state index in [0.717, 1.165) is 0 Å². The first-order chi connectivity index (χ1) is 20.2. The van der Waals surface area contributed by atoms with Crippen molar-refractivity contribution in [1.82, 2.24) is 0 Å². The minimum absolute atomic E-state index is 0.0687. The second-order valence-corrected chi connectivity index (χ2v) is 10.5. The van der Waals surface area contributed by atoms with E-state index in [2.05, 4.69) is 0 Å². The standard InChI is InChI=1S/C34H50O8/c1-27-23-32(39)24-30(37)20-15-18-28(35)19-16-21-31(38)26-33(40)25-29(36)17-13-11-9-7-5-3-2-4-6-8-10-12-14-22-34(41)42-27/h2-13,15-16,18,21,27-33,35-40H,14,17,19-20,22-26H2,1H3/b4-2+,5-3+,8-6+,9-7+,12-10+,13-11+,18-15+,21-16+. The number of esters is 1. The van der Waals surface area contributed by atoms with Gasteiger partial charge in [0, 0.05) is 19.3 Å². The average molecular weight is 587 g/mol. The van der Waals surface area contributed by atoms with E-state index < -0.39 is 42.7 Å². The molecule has 1 heterocycles. The molecule has 0 spiro atoms. The van der Waals surface area contributed by atoms with Gasteiger partial charge in [-0.25, -0.2) is 0 Å². The highest BCUT2D eigenvalue weighted by molar-refractivity contribution is 5.69. The Kier molecular flexibility index (Phi) is 21.0. The van der Waals surface area contributed by atoms with E-state index in [9.17, 15) is 35.4 Å². The molecule has 0 bridgehead atoms. The lowest BCUT2D eigenvalue weighted by Crippen LogP contribution is -2.24. The van der Waals surface area contributed by atoms with Gasteiger partial charge in [0.1, 0.15) is 6.10 Å². The Labute approximate surface area is 250 Å². The number of carbonyl (C=O) groups is 1. The Hall–Kier alpha value is -2.85. The van der Waals surface area contributed by atoms with Crippen LogP contribution in [0.2, 0.25) is 0 Å². The van der Waals surface area contributed by atoms with Crippen LogP contribution in [0.4, 0.5) is 0 Å². The Morgan fingerprint density at radius 1 is 0.548 bits per heavy atom. The number of ether oxygens (including phenoxy) is 1. The molecule has 1 rings (SSSR count). The maximum absolute atomic E-state index is 12.1. The van der Waals surface area contributed by atoms with Crippen molar-refractivity contribution in [3.63, 3.8) is 0 Å². The zero-order valence-electron chi connectivity index (χ0n) is 24.6. The zero-order chi connectivity index (χ0) is 31.0. The zero-order valence-corrected chi connectivity index (χ0v) is 24.6. The van der Waals surface area contributed by atoms with E-state index in [1.807, 2.05) is 72.9 Å². The number of allylic oxidation sites excluding steroid dienone is 11. The molecular formula is C34H50O8. The van der Waals surface area contributed by atoms with Gasteiger partial charge in [-0.15, -0.1) is 0 Å². The van der Waals surface area contributed by atoms with E-state index in [0.29, 0.717) is 12.8 Å². The highest BCUT2D eigenvalue weighted by Crippen LogP contribution is 2.13. The summed E-state index contributed by atoms with van der Waals surface area (Å²) >= 11 is 0. The van der Waals surface area contributed by atoms with Gasteiger partial charge in [-0.05, 0) is 45.4 Å². The summed E-state index contributed by atoms with van der Waals surface area (Å²) in [5, 5.41) is 61.0. The highest BCUT2D eigenvalue weighted by Gasteiger charge is 2.17. The minimum atomic E-state index is -0.914. The second kappa shape index (κ2) is 23.7. The second-order valence-electron chi connectivity index (χ2n) is 10.5. The van der Waals surface area contributed by atoms with Crippen LogP contribution < -0.4 is 0 Å². The van der Waals surface area contributed by atoms with Crippen LogP contribution >= 0.6 is 0 Å². The van der Waals surface area contributed by atoms with Crippen molar-refractivity contribution in [3.05, 3.63) is 97.2 Å². The molecule has 0 saturated carbocycles. The SMILES string of the molecule is CC1CC(O)CC(O)C/C=C/C(O)C/C=C/C(O)CC(O)CC(O)C/C=C/C=C/C=C/C=C/C=C/C=C/CCC(=O)O1. The predicted octanol–water partition coefficient (Wildman–Crippen LogP) is 4.06. The molecule has 0 fully saturated rings. The van der Waals surface area contributed by atoms with Crippen molar-refractivity contribution in [1.29, 1.82) is 0 Å². The smallest absolute Gasteiger partial charge is 0.306 e. The molecule has 0 amide bonds. The molecule has 1 aliphatic heterocycles. The summed E-state index contributed by atoms with van der Waals surface area (Å²) < 4.78 is 5.35. The first-order valence-corrected chi connectivity index (χ1v) is 14.7. The summed E-state index contributed by atoms with van der Waals surface area (Å²) in [4.78, 5) is 12.1. The lowest BCUT2D eigenvalue weighted by Gasteiger charge is -2.19. The quantitative estimate of drug-likeness (QED) is 0.184. The number of hydrogen-bond acceptors (Lipinski definition) is 8. The van der Waals surface area contributed by atoms with Crippen molar-refractivity contribution < 1.29 is 40.2 Å². The molecule has 234 valence electrons. The Morgan fingerprint density at radius 2 is 1.02 bits per heavy atom. The number of aliphatic hydroxyl groups is 6. The van der Waals surface area contributed by atoms with Gasteiger partial charge in [0.15, 0.2) is 0 Å². The van der Waals surface area contributed by atoms with Gasteiger partial charge in [-0.3, -0.25) is 4.79 Å². The fourth-order valence-corrected chi connectivity index (χ4v) is 4.13. The molecule has 8 nitrogen and oxygen atoms in total. The van der Waals surface area contributed by atoms with Crippen LogP contribution in [0, 0.1) is 0 Å². The fraction of sp³-hybridized carbons (Fsp3) is 0.500. The molecule has 0 aliphatic carbocycles. The van der Waals surface area contributed by atoms with Gasteiger partial charge in [0.25, 0.3) is 0 Å². The predicted molar refractivity (Wildman–Crippen MR) is 166 cm³/mol. The summed E-state index contributed by atoms with van der Waals surface area (Å²) in [5.41, 5.74) is 0. The summed E-state index contributed by atoms with van der Waals surface area (Å²) in [7, 11) is 0. The van der Waals surface area contributed by atoms with Crippen molar-refractivity contribution in [2.45, 2.75) is 107 Å². The molecule has 0 aromatic carbocycles. The molecule has 0 saturated heterocycles. The number of aliphatic hydroxyl groups excluding tert-OH is 6. The van der Waals surface area contributed by atoms with E-state index >= 15 is 0 Å². The van der Waals surface area contributed by atoms with E-state index in [-0.39, 0.29) is 50.9 Å². The molecular weight excluding hydrogens is 536 g/mol. The number of rotatable bonds is 0. The summed E-state index contributed by atoms with van der Waals surface area (Å²) in [6, 6.07) is 0. The molecule has 0 aromatic heterocycles. The normalized spacial score (nSPS) is 37.1. The van der Waals surface area contributed by atoms with E-state index in [1.165, 1.54) is 12.2 Å². The van der Waals surface area contributed by atoms with Gasteiger partial charge in [-0.1, -0.05) is 97.2 Å². The highest BCUT2D eigenvalue weighted by atomic mass is 16.5. The third-order valence-corrected chi connectivity index (χ3v) is 6.24. The Morgan fingerprint density at radius 3 is 1.64 bits per heavy atom.